The highest BCUT2D eigenvalue weighted by atomic mass is 19.1. The van der Waals surface area contributed by atoms with Gasteiger partial charge in [-0.2, -0.15) is 0 Å². The lowest BCUT2D eigenvalue weighted by atomic mass is 10.1. The number of carbonyl (C=O) groups excluding carboxylic acids is 1. The van der Waals surface area contributed by atoms with Crippen molar-refractivity contribution in [2.24, 2.45) is 0 Å². The smallest absolute Gasteiger partial charge is 0.231 e. The Morgan fingerprint density at radius 2 is 2.29 bits per heavy atom. The van der Waals surface area contributed by atoms with E-state index in [1.165, 1.54) is 13.0 Å². The molecule has 0 amide bonds. The molecular formula is C9H8FNO3. The number of hydrogen-bond acceptors (Lipinski definition) is 4. The Balaban J connectivity index is 2.68. The van der Waals surface area contributed by atoms with E-state index in [-0.39, 0.29) is 29.5 Å². The molecule has 0 saturated heterocycles. The minimum Gasteiger partial charge on any atom is -0.453 e. The van der Waals surface area contributed by atoms with Crippen LogP contribution in [0.5, 0.6) is 11.5 Å². The van der Waals surface area contributed by atoms with Gasteiger partial charge in [0.2, 0.25) is 12.5 Å². The summed E-state index contributed by atoms with van der Waals surface area (Å²) in [7, 11) is 0. The summed E-state index contributed by atoms with van der Waals surface area (Å²) in [6, 6.07) is 1.39. The summed E-state index contributed by atoms with van der Waals surface area (Å²) in [6.07, 6.45) is 0. The number of benzene rings is 1. The average Bonchev–Trinajstić information content (AvgIpc) is 2.50. The molecule has 2 rings (SSSR count). The summed E-state index contributed by atoms with van der Waals surface area (Å²) in [5, 5.41) is 0. The molecule has 1 aromatic rings. The van der Waals surface area contributed by atoms with Crippen LogP contribution in [0.25, 0.3) is 0 Å². The summed E-state index contributed by atoms with van der Waals surface area (Å²) in [5.74, 6) is -0.974. The normalized spacial score (nSPS) is 13.0. The van der Waals surface area contributed by atoms with Crippen molar-refractivity contribution >= 4 is 11.5 Å². The Morgan fingerprint density at radius 1 is 1.57 bits per heavy atom. The van der Waals surface area contributed by atoms with Crippen molar-refractivity contribution < 1.29 is 18.7 Å². The Kier molecular flexibility index (Phi) is 1.80. The van der Waals surface area contributed by atoms with Crippen LogP contribution in [-0.2, 0) is 0 Å². The third-order valence-electron chi connectivity index (χ3n) is 1.99. The Bertz CT molecular complexity index is 417. The van der Waals surface area contributed by atoms with Crippen molar-refractivity contribution in [3.05, 3.63) is 17.4 Å². The lowest BCUT2D eigenvalue weighted by Gasteiger charge is -2.05. The fourth-order valence-electron chi connectivity index (χ4n) is 1.38. The van der Waals surface area contributed by atoms with E-state index >= 15 is 0 Å². The molecule has 4 nitrogen and oxygen atoms in total. The minimum atomic E-state index is -0.745. The summed E-state index contributed by atoms with van der Waals surface area (Å²) >= 11 is 0. The van der Waals surface area contributed by atoms with Crippen LogP contribution in [0.15, 0.2) is 6.07 Å². The summed E-state index contributed by atoms with van der Waals surface area (Å²) in [5.41, 5.74) is 5.42. The molecule has 0 aromatic heterocycles. The van der Waals surface area contributed by atoms with Crippen molar-refractivity contribution in [1.29, 1.82) is 0 Å². The van der Waals surface area contributed by atoms with E-state index in [0.29, 0.717) is 0 Å². The van der Waals surface area contributed by atoms with Crippen molar-refractivity contribution in [2.75, 3.05) is 12.5 Å². The molecule has 0 spiro atoms. The van der Waals surface area contributed by atoms with Gasteiger partial charge in [0, 0.05) is 11.8 Å². The van der Waals surface area contributed by atoms with Crippen LogP contribution in [-0.4, -0.2) is 12.6 Å². The number of fused-ring (bicyclic) bond motifs is 1. The fourth-order valence-corrected chi connectivity index (χ4v) is 1.38. The predicted octanol–water partition coefficient (Wildman–Crippen LogP) is 1.34. The van der Waals surface area contributed by atoms with Crippen LogP contribution in [0.1, 0.15) is 17.3 Å². The number of nitrogens with two attached hydrogens (primary N) is 1. The first kappa shape index (κ1) is 8.80. The molecule has 0 unspecified atom stereocenters. The number of ether oxygens (including phenoxy) is 2. The Labute approximate surface area is 79.4 Å². The van der Waals surface area contributed by atoms with Gasteiger partial charge in [-0.25, -0.2) is 4.39 Å². The third-order valence-corrected chi connectivity index (χ3v) is 1.99. The molecule has 1 aliphatic heterocycles. The highest BCUT2D eigenvalue weighted by Crippen LogP contribution is 2.39. The van der Waals surface area contributed by atoms with Gasteiger partial charge in [-0.1, -0.05) is 0 Å². The van der Waals surface area contributed by atoms with E-state index in [0.717, 1.165) is 0 Å². The van der Waals surface area contributed by atoms with E-state index in [1.54, 1.807) is 0 Å². The Hall–Kier alpha value is -1.78. The molecular weight excluding hydrogens is 189 g/mol. The number of nitrogen functional groups attached to an aromatic ring is 1. The van der Waals surface area contributed by atoms with Gasteiger partial charge in [-0.3, -0.25) is 4.79 Å². The Morgan fingerprint density at radius 3 is 2.93 bits per heavy atom. The highest BCUT2D eigenvalue weighted by molar-refractivity contribution is 6.00. The summed E-state index contributed by atoms with van der Waals surface area (Å²) in [6.45, 7) is 1.20. The van der Waals surface area contributed by atoms with E-state index in [4.69, 9.17) is 15.2 Å². The molecule has 1 heterocycles. The standard InChI is InChI=1S/C9H8FNO3/c1-4(12)7-5(11)2-6-9(8(7)10)14-3-13-6/h2H,3,11H2,1H3. The molecule has 5 heteroatoms. The number of hydrogen-bond donors (Lipinski definition) is 1. The van der Waals surface area contributed by atoms with Crippen LogP contribution in [0.4, 0.5) is 10.1 Å². The topological polar surface area (TPSA) is 61.6 Å². The second kappa shape index (κ2) is 2.87. The van der Waals surface area contributed by atoms with Crippen LogP contribution < -0.4 is 15.2 Å². The lowest BCUT2D eigenvalue weighted by Crippen LogP contribution is -2.04. The van der Waals surface area contributed by atoms with Gasteiger partial charge in [0.25, 0.3) is 0 Å². The van der Waals surface area contributed by atoms with Gasteiger partial charge < -0.3 is 15.2 Å². The molecule has 0 radical (unpaired) electrons. The number of Topliss-reactive ketones (excluding diaryl/α,β-unsaturated/α-hetero) is 1. The average molecular weight is 197 g/mol. The summed E-state index contributed by atoms with van der Waals surface area (Å²) < 4.78 is 23.4. The van der Waals surface area contributed by atoms with Crippen LogP contribution in [0.2, 0.25) is 0 Å². The van der Waals surface area contributed by atoms with Gasteiger partial charge in [0.1, 0.15) is 0 Å². The molecule has 0 aliphatic carbocycles. The fraction of sp³-hybridized carbons (Fsp3) is 0.222. The van der Waals surface area contributed by atoms with Gasteiger partial charge in [-0.15, -0.1) is 0 Å². The number of carbonyl (C=O) groups is 1. The molecule has 14 heavy (non-hydrogen) atoms. The zero-order chi connectivity index (χ0) is 10.3. The number of halogens is 1. The maximum absolute atomic E-state index is 13.6. The second-order valence-corrected chi connectivity index (χ2v) is 2.94. The molecule has 2 N–H and O–H groups in total. The highest BCUT2D eigenvalue weighted by Gasteiger charge is 2.25. The van der Waals surface area contributed by atoms with Gasteiger partial charge in [-0.05, 0) is 6.92 Å². The van der Waals surface area contributed by atoms with Crippen LogP contribution in [0.3, 0.4) is 0 Å². The van der Waals surface area contributed by atoms with Gasteiger partial charge in [0.15, 0.2) is 17.3 Å². The molecule has 0 bridgehead atoms. The third kappa shape index (κ3) is 1.09. The molecule has 0 fully saturated rings. The second-order valence-electron chi connectivity index (χ2n) is 2.94. The quantitative estimate of drug-likeness (QED) is 0.545. The monoisotopic (exact) mass is 197 g/mol. The lowest BCUT2D eigenvalue weighted by molar-refractivity contribution is 0.101. The SMILES string of the molecule is CC(=O)c1c(N)cc2c(c1F)OCO2. The first-order chi connectivity index (χ1) is 6.61. The number of anilines is 1. The molecule has 1 aromatic carbocycles. The van der Waals surface area contributed by atoms with E-state index in [1.807, 2.05) is 0 Å². The molecule has 0 atom stereocenters. The molecule has 74 valence electrons. The van der Waals surface area contributed by atoms with Crippen LogP contribution >= 0.6 is 0 Å². The van der Waals surface area contributed by atoms with E-state index in [9.17, 15) is 9.18 Å². The number of rotatable bonds is 1. The zero-order valence-electron chi connectivity index (χ0n) is 7.46. The largest absolute Gasteiger partial charge is 0.453 e. The first-order valence-electron chi connectivity index (χ1n) is 3.99. The van der Waals surface area contributed by atoms with Crippen LogP contribution in [0, 0.1) is 5.82 Å². The minimum absolute atomic E-state index is 0.0376. The zero-order valence-corrected chi connectivity index (χ0v) is 7.46. The predicted molar refractivity (Wildman–Crippen MR) is 46.9 cm³/mol. The van der Waals surface area contributed by atoms with Gasteiger partial charge >= 0.3 is 0 Å². The summed E-state index contributed by atoms with van der Waals surface area (Å²) in [4.78, 5) is 11.1. The van der Waals surface area contributed by atoms with Crippen molar-refractivity contribution in [3.63, 3.8) is 0 Å². The first-order valence-corrected chi connectivity index (χ1v) is 3.99. The maximum Gasteiger partial charge on any atom is 0.231 e. The number of ketones is 1. The molecule has 1 aliphatic rings. The van der Waals surface area contributed by atoms with E-state index < -0.39 is 11.6 Å². The van der Waals surface area contributed by atoms with Crippen molar-refractivity contribution in [3.8, 4) is 11.5 Å². The van der Waals surface area contributed by atoms with Gasteiger partial charge in [0.05, 0.1) is 5.56 Å². The maximum atomic E-state index is 13.6. The van der Waals surface area contributed by atoms with E-state index in [2.05, 4.69) is 0 Å². The van der Waals surface area contributed by atoms with Crippen molar-refractivity contribution in [2.45, 2.75) is 6.92 Å². The van der Waals surface area contributed by atoms with Crippen molar-refractivity contribution in [1.82, 2.24) is 0 Å². The molecule has 0 saturated carbocycles.